The van der Waals surface area contributed by atoms with Gasteiger partial charge in [0, 0.05) is 11.3 Å². The first-order valence-electron chi connectivity index (χ1n) is 8.68. The Kier molecular flexibility index (Phi) is 7.22. The maximum Gasteiger partial charge on any atom is 0.279 e. The summed E-state index contributed by atoms with van der Waals surface area (Å²) >= 11 is 0. The molecule has 2 aromatic carbocycles. The van der Waals surface area contributed by atoms with Crippen molar-refractivity contribution >= 4 is 17.5 Å². The standard InChI is InChI=1S/C20H25N3O5/c1-23(11-14-7-10-16(26-2)19(28-4)18(14)27-3)12-17(24)22-15-8-5-13(6-9-15)20(21)25/h5-10H,11-12H2,1-4H3,(H2,21,25)(H,22,24)/p+1. The molecule has 0 aromatic heterocycles. The second kappa shape index (κ2) is 9.61. The topological polar surface area (TPSA) is 104 Å². The van der Waals surface area contributed by atoms with Gasteiger partial charge < -0.3 is 30.2 Å². The van der Waals surface area contributed by atoms with Crippen molar-refractivity contribution < 1.29 is 28.7 Å². The van der Waals surface area contributed by atoms with E-state index in [-0.39, 0.29) is 12.5 Å². The number of hydrogen-bond donors (Lipinski definition) is 3. The first-order valence-corrected chi connectivity index (χ1v) is 8.68. The quantitative estimate of drug-likeness (QED) is 0.579. The van der Waals surface area contributed by atoms with Crippen LogP contribution in [0.2, 0.25) is 0 Å². The maximum atomic E-state index is 12.3. The first-order chi connectivity index (χ1) is 13.4. The molecule has 0 aliphatic carbocycles. The van der Waals surface area contributed by atoms with Gasteiger partial charge in [0.25, 0.3) is 5.91 Å². The second-order valence-electron chi connectivity index (χ2n) is 6.29. The summed E-state index contributed by atoms with van der Waals surface area (Å²) in [6.45, 7) is 0.798. The van der Waals surface area contributed by atoms with Gasteiger partial charge in [-0.2, -0.15) is 0 Å². The van der Waals surface area contributed by atoms with Gasteiger partial charge in [0.1, 0.15) is 6.54 Å². The molecular formula is C20H26N3O5+. The van der Waals surface area contributed by atoms with Crippen LogP contribution in [-0.4, -0.2) is 46.7 Å². The molecule has 8 heteroatoms. The van der Waals surface area contributed by atoms with Crippen molar-refractivity contribution in [1.29, 1.82) is 0 Å². The van der Waals surface area contributed by atoms with Crippen molar-refractivity contribution in [2.75, 3.05) is 40.2 Å². The number of anilines is 1. The van der Waals surface area contributed by atoms with E-state index in [0.29, 0.717) is 35.0 Å². The lowest BCUT2D eigenvalue weighted by Crippen LogP contribution is -3.08. The van der Waals surface area contributed by atoms with Crippen LogP contribution in [0.1, 0.15) is 15.9 Å². The fourth-order valence-corrected chi connectivity index (χ4v) is 2.89. The number of amides is 2. The average Bonchev–Trinajstić information content (AvgIpc) is 2.67. The zero-order chi connectivity index (χ0) is 20.7. The highest BCUT2D eigenvalue weighted by atomic mass is 16.5. The summed E-state index contributed by atoms with van der Waals surface area (Å²) in [4.78, 5) is 24.4. The monoisotopic (exact) mass is 388 g/mol. The smallest absolute Gasteiger partial charge is 0.279 e. The van der Waals surface area contributed by atoms with Crippen molar-refractivity contribution in [2.24, 2.45) is 5.73 Å². The molecule has 0 fully saturated rings. The Labute approximate surface area is 164 Å². The van der Waals surface area contributed by atoms with Crippen LogP contribution >= 0.6 is 0 Å². The molecule has 0 saturated heterocycles. The Hall–Kier alpha value is -3.26. The highest BCUT2D eigenvalue weighted by molar-refractivity contribution is 5.95. The summed E-state index contributed by atoms with van der Waals surface area (Å²) in [6.07, 6.45) is 0. The number of nitrogens with two attached hydrogens (primary N) is 1. The van der Waals surface area contributed by atoms with E-state index < -0.39 is 5.91 Å². The summed E-state index contributed by atoms with van der Waals surface area (Å²) in [6, 6.07) is 10.1. The van der Waals surface area contributed by atoms with Gasteiger partial charge in [-0.05, 0) is 36.4 Å². The van der Waals surface area contributed by atoms with Gasteiger partial charge in [0.2, 0.25) is 11.7 Å². The van der Waals surface area contributed by atoms with Gasteiger partial charge in [-0.15, -0.1) is 0 Å². The summed E-state index contributed by atoms with van der Waals surface area (Å²) in [5.41, 5.74) is 7.10. The number of hydrogen-bond acceptors (Lipinski definition) is 5. The summed E-state index contributed by atoms with van der Waals surface area (Å²) < 4.78 is 16.2. The van der Waals surface area contributed by atoms with Crippen LogP contribution in [0.4, 0.5) is 5.69 Å². The molecule has 0 spiro atoms. The van der Waals surface area contributed by atoms with Crippen molar-refractivity contribution in [2.45, 2.75) is 6.54 Å². The number of carbonyl (C=O) groups is 2. The molecule has 2 amide bonds. The van der Waals surface area contributed by atoms with Crippen LogP contribution in [0.25, 0.3) is 0 Å². The molecule has 0 radical (unpaired) electrons. The fourth-order valence-electron chi connectivity index (χ4n) is 2.89. The number of likely N-dealkylation sites (N-methyl/N-ethyl adjacent to an activating group) is 1. The highest BCUT2D eigenvalue weighted by Crippen LogP contribution is 2.39. The minimum absolute atomic E-state index is 0.149. The molecule has 28 heavy (non-hydrogen) atoms. The van der Waals surface area contributed by atoms with E-state index in [2.05, 4.69) is 5.32 Å². The van der Waals surface area contributed by atoms with Gasteiger partial charge in [-0.3, -0.25) is 9.59 Å². The van der Waals surface area contributed by atoms with E-state index in [4.69, 9.17) is 19.9 Å². The highest BCUT2D eigenvalue weighted by Gasteiger charge is 2.19. The van der Waals surface area contributed by atoms with Crippen LogP contribution in [0, 0.1) is 0 Å². The second-order valence-corrected chi connectivity index (χ2v) is 6.29. The van der Waals surface area contributed by atoms with E-state index in [0.717, 1.165) is 10.5 Å². The number of quaternary nitrogens is 1. The van der Waals surface area contributed by atoms with Crippen LogP contribution in [0.15, 0.2) is 36.4 Å². The van der Waals surface area contributed by atoms with Gasteiger partial charge in [0.15, 0.2) is 18.0 Å². The third-order valence-electron chi connectivity index (χ3n) is 4.19. The molecule has 2 rings (SSSR count). The van der Waals surface area contributed by atoms with Crippen LogP contribution < -0.4 is 30.2 Å². The predicted octanol–water partition coefficient (Wildman–Crippen LogP) is 0.465. The first kappa shape index (κ1) is 21.0. The van der Waals surface area contributed by atoms with Gasteiger partial charge in [-0.25, -0.2) is 0 Å². The van der Waals surface area contributed by atoms with E-state index in [1.54, 1.807) is 45.6 Å². The molecule has 1 atom stereocenters. The molecule has 8 nitrogen and oxygen atoms in total. The van der Waals surface area contributed by atoms with Crippen LogP contribution in [0.3, 0.4) is 0 Å². The minimum atomic E-state index is -0.508. The average molecular weight is 388 g/mol. The Bertz CT molecular complexity index is 836. The Morgan fingerprint density at radius 1 is 0.964 bits per heavy atom. The lowest BCUT2D eigenvalue weighted by atomic mass is 10.1. The molecule has 0 saturated carbocycles. The molecule has 0 aliphatic rings. The lowest BCUT2D eigenvalue weighted by Gasteiger charge is -2.18. The largest absolute Gasteiger partial charge is 0.493 e. The number of rotatable bonds is 9. The Balaban J connectivity index is 2.02. The summed E-state index contributed by atoms with van der Waals surface area (Å²) in [5, 5.41) is 2.81. The fraction of sp³-hybridized carbons (Fsp3) is 0.300. The number of methoxy groups -OCH3 is 3. The van der Waals surface area contributed by atoms with Crippen LogP contribution in [-0.2, 0) is 11.3 Å². The molecule has 2 aromatic rings. The minimum Gasteiger partial charge on any atom is -0.493 e. The van der Waals surface area contributed by atoms with E-state index in [1.165, 1.54) is 0 Å². The number of ether oxygens (including phenoxy) is 3. The van der Waals surface area contributed by atoms with Crippen molar-refractivity contribution in [3.05, 3.63) is 47.5 Å². The van der Waals surface area contributed by atoms with Crippen LogP contribution in [0.5, 0.6) is 17.2 Å². The number of carbonyl (C=O) groups excluding carboxylic acids is 2. The van der Waals surface area contributed by atoms with Gasteiger partial charge in [-0.1, -0.05) is 0 Å². The number of benzene rings is 2. The molecule has 4 N–H and O–H groups in total. The lowest BCUT2D eigenvalue weighted by molar-refractivity contribution is -0.885. The Morgan fingerprint density at radius 3 is 2.14 bits per heavy atom. The normalized spacial score (nSPS) is 11.4. The zero-order valence-electron chi connectivity index (χ0n) is 16.5. The predicted molar refractivity (Wildman–Crippen MR) is 105 cm³/mol. The van der Waals surface area contributed by atoms with E-state index in [9.17, 15) is 9.59 Å². The van der Waals surface area contributed by atoms with E-state index in [1.807, 2.05) is 19.2 Å². The number of primary amides is 1. The van der Waals surface area contributed by atoms with Crippen molar-refractivity contribution in [3.63, 3.8) is 0 Å². The molecule has 0 bridgehead atoms. The molecule has 0 heterocycles. The Morgan fingerprint density at radius 2 is 1.61 bits per heavy atom. The van der Waals surface area contributed by atoms with Crippen molar-refractivity contribution in [1.82, 2.24) is 0 Å². The zero-order valence-corrected chi connectivity index (χ0v) is 16.5. The van der Waals surface area contributed by atoms with Gasteiger partial charge >= 0.3 is 0 Å². The molecular weight excluding hydrogens is 362 g/mol. The third-order valence-corrected chi connectivity index (χ3v) is 4.19. The summed E-state index contributed by atoms with van der Waals surface area (Å²) in [7, 11) is 6.59. The molecule has 0 aliphatic heterocycles. The molecule has 150 valence electrons. The maximum absolute atomic E-state index is 12.3. The summed E-state index contributed by atoms with van der Waals surface area (Å²) in [5.74, 6) is 1.03. The SMILES string of the molecule is COc1ccc(C[NH+](C)CC(=O)Nc2ccc(C(N)=O)cc2)c(OC)c1OC. The third kappa shape index (κ3) is 5.14. The molecule has 1 unspecified atom stereocenters. The number of nitrogens with one attached hydrogen (secondary N) is 2. The van der Waals surface area contributed by atoms with Crippen molar-refractivity contribution in [3.8, 4) is 17.2 Å². The van der Waals surface area contributed by atoms with E-state index >= 15 is 0 Å². The van der Waals surface area contributed by atoms with Gasteiger partial charge in [0.05, 0.1) is 33.9 Å².